The van der Waals surface area contributed by atoms with Crippen molar-refractivity contribution in [3.63, 3.8) is 0 Å². The van der Waals surface area contributed by atoms with Crippen LogP contribution in [-0.4, -0.2) is 20.7 Å². The summed E-state index contributed by atoms with van der Waals surface area (Å²) in [4.78, 5) is 2.42. The van der Waals surface area contributed by atoms with Crippen molar-refractivity contribution >= 4 is 22.7 Å². The number of para-hydroxylation sites is 1. The molecule has 1 aliphatic carbocycles. The summed E-state index contributed by atoms with van der Waals surface area (Å²) >= 11 is 0. The second-order valence-corrected chi connectivity index (χ2v) is 4.39. The van der Waals surface area contributed by atoms with Gasteiger partial charge in [0.2, 0.25) is 5.71 Å². The smallest absolute Gasteiger partial charge is 0.230 e. The zero-order chi connectivity index (χ0) is 14.1. The summed E-state index contributed by atoms with van der Waals surface area (Å²) in [6.07, 6.45) is 8.05. The van der Waals surface area contributed by atoms with Gasteiger partial charge >= 0.3 is 0 Å². The molecule has 5 heteroatoms. The second kappa shape index (κ2) is 4.62. The number of aromatic amines is 1. The van der Waals surface area contributed by atoms with E-state index in [1.165, 1.54) is 6.08 Å². The molecule has 1 aromatic carbocycles. The fourth-order valence-corrected chi connectivity index (χ4v) is 2.23. The predicted octanol–water partition coefficient (Wildman–Crippen LogP) is 2.83. The number of hydrogen-bond donors (Lipinski definition) is 2. The molecular formula is C15H11N2O3-. The molecule has 0 radical (unpaired) electrons. The molecule has 0 fully saturated rings. The lowest BCUT2D eigenvalue weighted by molar-refractivity contribution is -0.377. The van der Waals surface area contributed by atoms with Gasteiger partial charge < -0.3 is 20.5 Å². The fourth-order valence-electron chi connectivity index (χ4n) is 2.23. The third-order valence-corrected chi connectivity index (χ3v) is 3.16. The molecule has 5 nitrogen and oxygen atoms in total. The first-order valence-electron chi connectivity index (χ1n) is 6.04. The monoisotopic (exact) mass is 267 g/mol. The summed E-state index contributed by atoms with van der Waals surface area (Å²) in [5.41, 5.74) is 1.81. The van der Waals surface area contributed by atoms with Crippen LogP contribution in [0.3, 0.4) is 0 Å². The number of nitrogens with zero attached hydrogens (tertiary/aromatic N) is 1. The molecule has 0 aliphatic heterocycles. The Balaban J connectivity index is 2.19. The van der Waals surface area contributed by atoms with Gasteiger partial charge in [-0.1, -0.05) is 30.4 Å². The molecule has 3 rings (SSSR count). The van der Waals surface area contributed by atoms with Gasteiger partial charge in [-0.3, -0.25) is 0 Å². The lowest BCUT2D eigenvalue weighted by atomic mass is 10.0. The van der Waals surface area contributed by atoms with Crippen LogP contribution < -0.4 is 0 Å². The molecule has 0 spiro atoms. The third-order valence-electron chi connectivity index (χ3n) is 3.16. The molecular weight excluding hydrogens is 256 g/mol. The highest BCUT2D eigenvalue weighted by Gasteiger charge is 2.14. The van der Waals surface area contributed by atoms with Crippen LogP contribution in [0.25, 0.3) is 17.0 Å². The Hall–Kier alpha value is -2.95. The molecule has 20 heavy (non-hydrogen) atoms. The molecule has 0 bridgehead atoms. The van der Waals surface area contributed by atoms with Gasteiger partial charge in [0, 0.05) is 28.1 Å². The van der Waals surface area contributed by atoms with Crippen LogP contribution >= 0.6 is 0 Å². The van der Waals surface area contributed by atoms with Crippen LogP contribution in [0.4, 0.5) is 0 Å². The largest absolute Gasteiger partial charge is 0.612 e. The summed E-state index contributed by atoms with van der Waals surface area (Å²) in [5.74, 6) is 0.00403. The highest BCUT2D eigenvalue weighted by Crippen LogP contribution is 2.29. The number of fused-ring (bicyclic) bond motifs is 1. The van der Waals surface area contributed by atoms with Gasteiger partial charge in [-0.05, 0) is 18.2 Å². The molecule has 0 atom stereocenters. The number of allylic oxidation sites excluding steroid dienone is 5. The fraction of sp³-hybridized carbons (Fsp3) is 0. The number of H-pyrrole nitrogens is 1. The predicted molar refractivity (Wildman–Crippen MR) is 78.2 cm³/mol. The molecule has 0 saturated carbocycles. The number of aromatic hydroxyl groups is 1. The lowest BCUT2D eigenvalue weighted by Crippen LogP contribution is -2.11. The summed E-state index contributed by atoms with van der Waals surface area (Å²) < 4.78 is 0. The SMILES string of the molecule is [O-][N+]([O-])=C1C=CC=CC1=Cc1c(O)[nH]c2ccccc12. The summed E-state index contributed by atoms with van der Waals surface area (Å²) in [7, 11) is 0. The van der Waals surface area contributed by atoms with Crippen molar-refractivity contribution < 1.29 is 10.0 Å². The third kappa shape index (κ3) is 1.95. The van der Waals surface area contributed by atoms with E-state index in [4.69, 9.17) is 0 Å². The zero-order valence-electron chi connectivity index (χ0n) is 10.4. The second-order valence-electron chi connectivity index (χ2n) is 4.39. The molecule has 2 aromatic rings. The Bertz CT molecular complexity index is 791. The molecule has 2 N–H and O–H groups in total. The lowest BCUT2D eigenvalue weighted by Gasteiger charge is -2.11. The maximum Gasteiger partial charge on any atom is 0.230 e. The van der Waals surface area contributed by atoms with Crippen molar-refractivity contribution in [1.82, 2.24) is 4.98 Å². The van der Waals surface area contributed by atoms with Gasteiger partial charge in [-0.2, -0.15) is 4.90 Å². The van der Waals surface area contributed by atoms with Gasteiger partial charge in [0.25, 0.3) is 0 Å². The average molecular weight is 267 g/mol. The topological polar surface area (TPSA) is 85.2 Å². The van der Waals surface area contributed by atoms with Crippen LogP contribution in [0, 0.1) is 10.4 Å². The molecule has 1 aliphatic rings. The van der Waals surface area contributed by atoms with Gasteiger partial charge in [-0.25, -0.2) is 0 Å². The van der Waals surface area contributed by atoms with E-state index < -0.39 is 4.90 Å². The minimum Gasteiger partial charge on any atom is -0.612 e. The minimum absolute atomic E-state index is 0.00403. The molecule has 1 heterocycles. The van der Waals surface area contributed by atoms with E-state index in [1.807, 2.05) is 24.3 Å². The van der Waals surface area contributed by atoms with E-state index in [1.54, 1.807) is 24.3 Å². The van der Waals surface area contributed by atoms with Crippen molar-refractivity contribution in [2.24, 2.45) is 0 Å². The molecule has 1 aromatic heterocycles. The first kappa shape index (κ1) is 12.1. The van der Waals surface area contributed by atoms with Gasteiger partial charge in [0.15, 0.2) is 5.88 Å². The Labute approximate surface area is 114 Å². The van der Waals surface area contributed by atoms with Crippen molar-refractivity contribution in [3.8, 4) is 5.88 Å². The van der Waals surface area contributed by atoms with Crippen molar-refractivity contribution in [2.45, 2.75) is 0 Å². The maximum atomic E-state index is 11.0. The number of hydrogen-bond acceptors (Lipinski definition) is 3. The standard InChI is InChI=1S/C15H11N2O3/c18-15-12(11-6-2-3-7-13(11)16-15)9-10-5-1-4-8-14(10)17(19)20/h1-9,16H,(H-,18,19,20)/q-1. The first-order chi connectivity index (χ1) is 9.66. The normalized spacial score (nSPS) is 16.2. The minimum atomic E-state index is -0.433. The Morgan fingerprint density at radius 1 is 1.10 bits per heavy atom. The van der Waals surface area contributed by atoms with Crippen molar-refractivity contribution in [1.29, 1.82) is 0 Å². The summed E-state index contributed by atoms with van der Waals surface area (Å²) in [6.45, 7) is 0. The number of benzene rings is 1. The summed E-state index contributed by atoms with van der Waals surface area (Å²) in [5, 5.41) is 32.8. The van der Waals surface area contributed by atoms with Crippen LogP contribution in [0.2, 0.25) is 0 Å². The number of rotatable bonds is 1. The molecule has 0 amide bonds. The number of nitrogens with one attached hydrogen (secondary N) is 1. The Morgan fingerprint density at radius 2 is 1.85 bits per heavy atom. The Morgan fingerprint density at radius 3 is 2.65 bits per heavy atom. The van der Waals surface area contributed by atoms with Gasteiger partial charge in [0.1, 0.15) is 0 Å². The highest BCUT2D eigenvalue weighted by molar-refractivity contribution is 6.12. The quantitative estimate of drug-likeness (QED) is 0.615. The molecule has 100 valence electrons. The number of aromatic nitrogens is 1. The average Bonchev–Trinajstić information content (AvgIpc) is 2.76. The maximum absolute atomic E-state index is 11.0. The zero-order valence-corrected chi connectivity index (χ0v) is 10.4. The molecule has 0 unspecified atom stereocenters. The van der Waals surface area contributed by atoms with Crippen LogP contribution in [0.5, 0.6) is 5.88 Å². The van der Waals surface area contributed by atoms with Gasteiger partial charge in [-0.15, -0.1) is 0 Å². The van der Waals surface area contributed by atoms with E-state index in [0.717, 1.165) is 10.9 Å². The van der Waals surface area contributed by atoms with E-state index >= 15 is 0 Å². The van der Waals surface area contributed by atoms with Gasteiger partial charge in [0.05, 0.1) is 0 Å². The van der Waals surface area contributed by atoms with Crippen LogP contribution in [-0.2, 0) is 0 Å². The van der Waals surface area contributed by atoms with Crippen LogP contribution in [0.1, 0.15) is 5.56 Å². The van der Waals surface area contributed by atoms with E-state index in [0.29, 0.717) is 11.1 Å². The van der Waals surface area contributed by atoms with Crippen LogP contribution in [0.15, 0.2) is 54.1 Å². The first-order valence-corrected chi connectivity index (χ1v) is 6.04. The van der Waals surface area contributed by atoms with E-state index in [9.17, 15) is 15.5 Å². The summed E-state index contributed by atoms with van der Waals surface area (Å²) in [6, 6.07) is 7.40. The van der Waals surface area contributed by atoms with E-state index in [2.05, 4.69) is 4.98 Å². The highest BCUT2D eigenvalue weighted by atomic mass is 16.8. The molecule has 0 saturated heterocycles. The van der Waals surface area contributed by atoms with E-state index in [-0.39, 0.29) is 11.6 Å². The van der Waals surface area contributed by atoms with Crippen molar-refractivity contribution in [2.75, 3.05) is 0 Å². The van der Waals surface area contributed by atoms with Crippen molar-refractivity contribution in [3.05, 3.63) is 70.1 Å². The Kier molecular flexibility index (Phi) is 2.80.